The molecule has 0 aromatic heterocycles. The predicted octanol–water partition coefficient (Wildman–Crippen LogP) is 17.7. The van der Waals surface area contributed by atoms with E-state index < -0.39 is 5.41 Å². The molecule has 0 saturated heterocycles. The van der Waals surface area contributed by atoms with Crippen molar-refractivity contribution in [3.8, 4) is 55.6 Å². The van der Waals surface area contributed by atoms with Crippen molar-refractivity contribution in [2.24, 2.45) is 0 Å². The van der Waals surface area contributed by atoms with Gasteiger partial charge in [-0.25, -0.2) is 0 Å². The van der Waals surface area contributed by atoms with Crippen molar-refractivity contribution in [1.82, 2.24) is 0 Å². The van der Waals surface area contributed by atoms with Gasteiger partial charge in [0.1, 0.15) is 0 Å². The lowest BCUT2D eigenvalue weighted by atomic mass is 9.69. The zero-order chi connectivity index (χ0) is 45.3. The van der Waals surface area contributed by atoms with E-state index in [1.54, 1.807) is 0 Å². The van der Waals surface area contributed by atoms with Crippen LogP contribution in [0.3, 0.4) is 0 Å². The first-order valence-corrected chi connectivity index (χ1v) is 23.7. The molecule has 0 aliphatic heterocycles. The van der Waals surface area contributed by atoms with Crippen molar-refractivity contribution in [3.05, 3.63) is 276 Å². The van der Waals surface area contributed by atoms with E-state index in [1.807, 2.05) is 0 Å². The lowest BCUT2D eigenvalue weighted by Gasteiger charge is -2.31. The predicted molar refractivity (Wildman–Crippen MR) is 283 cm³/mol. The van der Waals surface area contributed by atoms with E-state index in [2.05, 4.69) is 269 Å². The first kappa shape index (κ1) is 40.5. The van der Waals surface area contributed by atoms with Gasteiger partial charge in [0.15, 0.2) is 0 Å². The SMILES string of the molecule is C/C=C\C1=C(/C=C\C)C2(c3ccccc31)c1ccccc1-c1c(-c3ccc(N(c4ccc(-c5ccccc5)cc4)c4ccc(-c5ccc6c(c5)C(C)(C)c5ccccc5-6)cc4)cc3)cccc12. The number of hydrogen-bond donors (Lipinski definition) is 0. The largest absolute Gasteiger partial charge is 0.311 e. The number of rotatable bonds is 8. The molecule has 67 heavy (non-hydrogen) atoms. The zero-order valence-corrected chi connectivity index (χ0v) is 38.5. The summed E-state index contributed by atoms with van der Waals surface area (Å²) in [5, 5.41) is 0. The maximum absolute atomic E-state index is 2.41. The molecule has 3 aliphatic carbocycles. The highest BCUT2D eigenvalue weighted by atomic mass is 15.1. The van der Waals surface area contributed by atoms with Crippen LogP contribution in [0.25, 0.3) is 61.2 Å². The summed E-state index contributed by atoms with van der Waals surface area (Å²) in [5.41, 5.74) is 26.2. The number of benzene rings is 9. The second-order valence-electron chi connectivity index (χ2n) is 18.7. The molecule has 1 spiro atoms. The zero-order valence-electron chi connectivity index (χ0n) is 38.5. The average Bonchev–Trinajstić information content (AvgIpc) is 3.93. The van der Waals surface area contributed by atoms with Crippen molar-refractivity contribution in [2.75, 3.05) is 4.90 Å². The number of allylic oxidation sites excluding steroid dienone is 6. The molecule has 9 aromatic rings. The van der Waals surface area contributed by atoms with Gasteiger partial charge in [-0.15, -0.1) is 0 Å². The van der Waals surface area contributed by atoms with Gasteiger partial charge >= 0.3 is 0 Å². The average molecular weight is 858 g/mol. The Balaban J connectivity index is 0.956. The first-order chi connectivity index (χ1) is 32.9. The fraction of sp³-hybridized carbons (Fsp3) is 0.0909. The molecule has 0 amide bonds. The smallest absolute Gasteiger partial charge is 0.0725 e. The van der Waals surface area contributed by atoms with Gasteiger partial charge in [0, 0.05) is 22.5 Å². The molecule has 12 rings (SSSR count). The Hall–Kier alpha value is -8.00. The summed E-state index contributed by atoms with van der Waals surface area (Å²) in [5.74, 6) is 0. The molecule has 0 radical (unpaired) electrons. The van der Waals surface area contributed by atoms with Gasteiger partial charge in [-0.2, -0.15) is 0 Å². The van der Waals surface area contributed by atoms with E-state index in [-0.39, 0.29) is 5.41 Å². The number of fused-ring (bicyclic) bond motifs is 10. The highest BCUT2D eigenvalue weighted by Crippen LogP contribution is 2.63. The Bertz CT molecular complexity index is 3470. The van der Waals surface area contributed by atoms with Crippen molar-refractivity contribution in [3.63, 3.8) is 0 Å². The van der Waals surface area contributed by atoms with Crippen LogP contribution in [-0.4, -0.2) is 0 Å². The summed E-state index contributed by atoms with van der Waals surface area (Å²) in [4.78, 5) is 2.39. The Morgan fingerprint density at radius 3 is 1.45 bits per heavy atom. The van der Waals surface area contributed by atoms with E-state index in [9.17, 15) is 0 Å². The van der Waals surface area contributed by atoms with Crippen molar-refractivity contribution < 1.29 is 0 Å². The molecular formula is C66H51N. The summed E-state index contributed by atoms with van der Waals surface area (Å²) in [6.07, 6.45) is 9.03. The van der Waals surface area contributed by atoms with Crippen LogP contribution in [0.15, 0.2) is 242 Å². The van der Waals surface area contributed by atoms with Crippen LogP contribution in [0.4, 0.5) is 17.1 Å². The van der Waals surface area contributed by atoms with E-state index in [1.165, 1.54) is 100 Å². The van der Waals surface area contributed by atoms with Gasteiger partial charge in [-0.05, 0) is 156 Å². The fourth-order valence-electron chi connectivity index (χ4n) is 11.8. The van der Waals surface area contributed by atoms with Crippen LogP contribution in [0, 0.1) is 0 Å². The minimum Gasteiger partial charge on any atom is -0.311 e. The van der Waals surface area contributed by atoms with Crippen LogP contribution in [0.5, 0.6) is 0 Å². The van der Waals surface area contributed by atoms with E-state index >= 15 is 0 Å². The number of nitrogens with zero attached hydrogens (tertiary/aromatic N) is 1. The minimum atomic E-state index is -0.421. The molecule has 1 atom stereocenters. The summed E-state index contributed by atoms with van der Waals surface area (Å²) in [6, 6.07) is 78.9. The third-order valence-electron chi connectivity index (χ3n) is 14.8. The molecule has 1 unspecified atom stereocenters. The lowest BCUT2D eigenvalue weighted by molar-refractivity contribution is 0.660. The lowest BCUT2D eigenvalue weighted by Crippen LogP contribution is -2.26. The van der Waals surface area contributed by atoms with E-state index in [0.29, 0.717) is 0 Å². The van der Waals surface area contributed by atoms with Gasteiger partial charge in [0.25, 0.3) is 0 Å². The fourth-order valence-corrected chi connectivity index (χ4v) is 11.8. The highest BCUT2D eigenvalue weighted by Gasteiger charge is 2.52. The molecule has 320 valence electrons. The van der Waals surface area contributed by atoms with Crippen LogP contribution in [0.1, 0.15) is 61.1 Å². The molecule has 0 bridgehead atoms. The highest BCUT2D eigenvalue weighted by molar-refractivity contribution is 6.02. The standard InChI is InChI=1S/C66H51N/c1-5-17-53-55-22-11-14-26-60(55)66(59(53)18-6-2)61-27-15-12-23-57(61)64-52(24-16-28-62(64)66)47-33-40-51(41-34-47)67(49-36-29-45(30-37-49)44-19-8-7-9-20-44)50-38-31-46(32-39-50)48-35-42-56-54-21-10-13-25-58(54)65(3,4)63(56)43-48/h5-43H,1-4H3/b17-5-,18-6-. The molecular weight excluding hydrogens is 807 g/mol. The van der Waals surface area contributed by atoms with Crippen molar-refractivity contribution in [2.45, 2.75) is 38.5 Å². The third kappa shape index (κ3) is 6.15. The molecule has 0 fully saturated rings. The third-order valence-corrected chi connectivity index (χ3v) is 14.8. The van der Waals surface area contributed by atoms with Crippen LogP contribution in [-0.2, 0) is 10.8 Å². The van der Waals surface area contributed by atoms with Crippen LogP contribution in [0.2, 0.25) is 0 Å². The normalized spacial score (nSPS) is 16.1. The molecule has 1 nitrogen and oxygen atoms in total. The quantitative estimate of drug-likeness (QED) is 0.147. The molecule has 3 aliphatic rings. The topological polar surface area (TPSA) is 3.24 Å². The second kappa shape index (κ2) is 15.9. The van der Waals surface area contributed by atoms with Gasteiger partial charge in [-0.3, -0.25) is 0 Å². The maximum atomic E-state index is 2.41. The van der Waals surface area contributed by atoms with Gasteiger partial charge in [-0.1, -0.05) is 208 Å². The molecule has 1 heteroatoms. The van der Waals surface area contributed by atoms with Crippen molar-refractivity contribution in [1.29, 1.82) is 0 Å². The van der Waals surface area contributed by atoms with Crippen LogP contribution < -0.4 is 4.90 Å². The summed E-state index contributed by atoms with van der Waals surface area (Å²) >= 11 is 0. The molecule has 0 heterocycles. The van der Waals surface area contributed by atoms with Gasteiger partial charge in [0.05, 0.1) is 5.41 Å². The molecule has 0 saturated carbocycles. The first-order valence-electron chi connectivity index (χ1n) is 23.7. The molecule has 9 aromatic carbocycles. The Labute approximate surface area is 395 Å². The summed E-state index contributed by atoms with van der Waals surface area (Å²) in [6.45, 7) is 8.97. The second-order valence-corrected chi connectivity index (χ2v) is 18.7. The van der Waals surface area contributed by atoms with E-state index in [4.69, 9.17) is 0 Å². The van der Waals surface area contributed by atoms with E-state index in [0.717, 1.165) is 17.1 Å². The van der Waals surface area contributed by atoms with Gasteiger partial charge < -0.3 is 4.90 Å². The Kier molecular flexibility index (Phi) is 9.59. The summed E-state index contributed by atoms with van der Waals surface area (Å²) in [7, 11) is 0. The number of hydrogen-bond acceptors (Lipinski definition) is 1. The molecule has 0 N–H and O–H groups in total. The number of anilines is 3. The Morgan fingerprint density at radius 2 is 0.806 bits per heavy atom. The van der Waals surface area contributed by atoms with Crippen molar-refractivity contribution >= 4 is 22.6 Å². The van der Waals surface area contributed by atoms with Gasteiger partial charge in [0.2, 0.25) is 0 Å². The monoisotopic (exact) mass is 857 g/mol. The maximum Gasteiger partial charge on any atom is 0.0725 e. The minimum absolute atomic E-state index is 0.0501. The van der Waals surface area contributed by atoms with Crippen LogP contribution >= 0.6 is 0 Å². The Morgan fingerprint density at radius 1 is 0.343 bits per heavy atom. The summed E-state index contributed by atoms with van der Waals surface area (Å²) < 4.78 is 0.